The van der Waals surface area contributed by atoms with Crippen molar-refractivity contribution in [2.45, 2.75) is 32.5 Å². The molecular formula is C21H15F5N2OS. The first-order valence-corrected chi connectivity index (χ1v) is 9.69. The van der Waals surface area contributed by atoms with E-state index in [1.807, 2.05) is 13.0 Å². The fourth-order valence-electron chi connectivity index (χ4n) is 2.92. The molecule has 1 heterocycles. The molecule has 3 rings (SSSR count). The smallest absolute Gasteiger partial charge is 0.427 e. The summed E-state index contributed by atoms with van der Waals surface area (Å²) in [6, 6.07) is 9.94. The highest BCUT2D eigenvalue weighted by Gasteiger charge is 2.38. The predicted octanol–water partition coefficient (Wildman–Crippen LogP) is 6.51. The molecule has 0 aliphatic rings. The molecule has 0 aliphatic carbocycles. The van der Waals surface area contributed by atoms with E-state index in [0.29, 0.717) is 29.5 Å². The molecule has 0 atom stereocenters. The van der Waals surface area contributed by atoms with Crippen LogP contribution in [0.1, 0.15) is 34.9 Å². The van der Waals surface area contributed by atoms with Crippen molar-refractivity contribution in [3.05, 3.63) is 69.6 Å². The van der Waals surface area contributed by atoms with Crippen molar-refractivity contribution >= 4 is 11.5 Å². The normalized spacial score (nSPS) is 11.4. The van der Waals surface area contributed by atoms with Gasteiger partial charge in [0.2, 0.25) is 0 Å². The minimum Gasteiger partial charge on any atom is -0.483 e. The quantitative estimate of drug-likeness (QED) is 0.412. The van der Waals surface area contributed by atoms with E-state index in [0.717, 1.165) is 12.1 Å². The van der Waals surface area contributed by atoms with E-state index in [9.17, 15) is 22.0 Å². The second-order valence-electron chi connectivity index (χ2n) is 6.45. The van der Waals surface area contributed by atoms with Gasteiger partial charge in [-0.15, -0.1) is 0 Å². The number of nitrogens with zero attached hydrogens (tertiary/aromatic N) is 2. The van der Waals surface area contributed by atoms with Crippen molar-refractivity contribution in [3.63, 3.8) is 0 Å². The Morgan fingerprint density at radius 1 is 1.10 bits per heavy atom. The molecule has 9 heteroatoms. The van der Waals surface area contributed by atoms with Crippen LogP contribution in [0.25, 0.3) is 11.3 Å². The number of rotatable bonds is 6. The van der Waals surface area contributed by atoms with E-state index < -0.39 is 35.0 Å². The van der Waals surface area contributed by atoms with Crippen LogP contribution in [-0.2, 0) is 19.2 Å². The molecule has 0 fully saturated rings. The van der Waals surface area contributed by atoms with Gasteiger partial charge in [-0.2, -0.15) is 22.8 Å². The number of aryl methyl sites for hydroxylation is 1. The van der Waals surface area contributed by atoms with Crippen molar-refractivity contribution in [2.24, 2.45) is 0 Å². The molecule has 3 aromatic rings. The van der Waals surface area contributed by atoms with Crippen molar-refractivity contribution < 1.29 is 26.7 Å². The van der Waals surface area contributed by atoms with Gasteiger partial charge in [-0.3, -0.25) is 0 Å². The number of aromatic nitrogens is 1. The van der Waals surface area contributed by atoms with Gasteiger partial charge in [-0.25, -0.2) is 8.78 Å². The lowest BCUT2D eigenvalue weighted by molar-refractivity contribution is -0.135. The van der Waals surface area contributed by atoms with E-state index in [-0.39, 0.29) is 22.8 Å². The van der Waals surface area contributed by atoms with Crippen LogP contribution >= 0.6 is 11.5 Å². The van der Waals surface area contributed by atoms with Gasteiger partial charge >= 0.3 is 6.18 Å². The molecule has 3 nitrogen and oxygen atoms in total. The number of hydrogen-bond acceptors (Lipinski definition) is 4. The molecule has 0 bridgehead atoms. The second-order valence-corrected chi connectivity index (χ2v) is 7.23. The van der Waals surface area contributed by atoms with Gasteiger partial charge in [0.25, 0.3) is 0 Å². The average Bonchev–Trinajstić information content (AvgIpc) is 3.12. The lowest BCUT2D eigenvalue weighted by Gasteiger charge is -2.13. The third-order valence-electron chi connectivity index (χ3n) is 4.29. The summed E-state index contributed by atoms with van der Waals surface area (Å²) in [6.45, 7) is 1.13. The Kier molecular flexibility index (Phi) is 6.37. The summed E-state index contributed by atoms with van der Waals surface area (Å²) < 4.78 is 77.9. The molecule has 156 valence electrons. The van der Waals surface area contributed by atoms with E-state index in [1.54, 1.807) is 0 Å². The number of alkyl halides is 3. The maximum Gasteiger partial charge on any atom is 0.427 e. The molecule has 0 saturated carbocycles. The molecular weight excluding hydrogens is 423 g/mol. The predicted molar refractivity (Wildman–Crippen MR) is 102 cm³/mol. The van der Waals surface area contributed by atoms with Gasteiger partial charge in [0.15, 0.2) is 17.4 Å². The van der Waals surface area contributed by atoms with Crippen molar-refractivity contribution in [2.75, 3.05) is 0 Å². The maximum atomic E-state index is 14.3. The molecule has 0 aliphatic heterocycles. The maximum absolute atomic E-state index is 14.3. The summed E-state index contributed by atoms with van der Waals surface area (Å²) in [5, 5.41) is 8.88. The van der Waals surface area contributed by atoms with E-state index >= 15 is 0 Å². The number of ether oxygens (including phenoxy) is 1. The van der Waals surface area contributed by atoms with Crippen LogP contribution in [0.3, 0.4) is 0 Å². The Balaban J connectivity index is 1.97. The zero-order valence-corrected chi connectivity index (χ0v) is 16.5. The van der Waals surface area contributed by atoms with Crippen LogP contribution in [0.2, 0.25) is 0 Å². The lowest BCUT2D eigenvalue weighted by Crippen LogP contribution is -2.09. The first-order valence-electron chi connectivity index (χ1n) is 8.91. The van der Waals surface area contributed by atoms with Crippen molar-refractivity contribution in [1.29, 1.82) is 5.26 Å². The van der Waals surface area contributed by atoms with Crippen LogP contribution in [0.5, 0.6) is 5.75 Å². The first-order chi connectivity index (χ1) is 14.2. The number of nitriles is 1. The second kappa shape index (κ2) is 8.79. The SMILES string of the molecule is CCCc1cc(F)c(OCc2c(-c3ccc(C#N)cc3)nsc2C(F)(F)F)c(F)c1. The minimum atomic E-state index is -4.71. The highest BCUT2D eigenvalue weighted by Crippen LogP contribution is 2.40. The molecule has 30 heavy (non-hydrogen) atoms. The van der Waals surface area contributed by atoms with Gasteiger partial charge < -0.3 is 4.74 Å². The summed E-state index contributed by atoms with van der Waals surface area (Å²) in [6.07, 6.45) is -3.56. The molecule has 0 N–H and O–H groups in total. The summed E-state index contributed by atoms with van der Waals surface area (Å²) >= 11 is 0.233. The zero-order chi connectivity index (χ0) is 21.9. The van der Waals surface area contributed by atoms with Gasteiger partial charge in [-0.1, -0.05) is 25.5 Å². The highest BCUT2D eigenvalue weighted by molar-refractivity contribution is 7.06. The molecule has 0 saturated heterocycles. The van der Waals surface area contributed by atoms with Crippen LogP contribution in [0.4, 0.5) is 22.0 Å². The van der Waals surface area contributed by atoms with E-state index in [1.165, 1.54) is 24.3 Å². The lowest BCUT2D eigenvalue weighted by atomic mass is 10.0. The Morgan fingerprint density at radius 2 is 1.73 bits per heavy atom. The van der Waals surface area contributed by atoms with Crippen molar-refractivity contribution in [3.8, 4) is 23.1 Å². The standard InChI is InChI=1S/C21H15F5N2OS/c1-2-3-13-8-16(22)19(17(23)9-13)29-11-15-18(28-30-20(15)21(24,25)26)14-6-4-12(10-27)5-7-14/h4-9H,2-3,11H2,1H3. The fraction of sp³-hybridized carbons (Fsp3) is 0.238. The summed E-state index contributed by atoms with van der Waals surface area (Å²) in [4.78, 5) is -1.01. The number of hydrogen-bond donors (Lipinski definition) is 0. The monoisotopic (exact) mass is 438 g/mol. The Hall–Kier alpha value is -2.99. The van der Waals surface area contributed by atoms with Crippen LogP contribution in [0.15, 0.2) is 36.4 Å². The third kappa shape index (κ3) is 4.60. The molecule has 0 radical (unpaired) electrons. The number of halogens is 5. The molecule has 2 aromatic carbocycles. The molecule has 0 spiro atoms. The van der Waals surface area contributed by atoms with Crippen LogP contribution in [-0.4, -0.2) is 4.37 Å². The average molecular weight is 438 g/mol. The fourth-order valence-corrected chi connectivity index (χ4v) is 3.69. The van der Waals surface area contributed by atoms with Crippen LogP contribution < -0.4 is 4.74 Å². The minimum absolute atomic E-state index is 0.0137. The van der Waals surface area contributed by atoms with Gasteiger partial charge in [0, 0.05) is 11.1 Å². The summed E-state index contributed by atoms with van der Waals surface area (Å²) in [5.74, 6) is -2.69. The Morgan fingerprint density at radius 3 is 2.27 bits per heavy atom. The summed E-state index contributed by atoms with van der Waals surface area (Å²) in [5.41, 5.74) is 0.762. The van der Waals surface area contributed by atoms with Gasteiger partial charge in [0.1, 0.15) is 11.5 Å². The topological polar surface area (TPSA) is 45.9 Å². The third-order valence-corrected chi connectivity index (χ3v) is 5.22. The molecule has 1 aromatic heterocycles. The number of benzene rings is 2. The highest BCUT2D eigenvalue weighted by atomic mass is 32.1. The Bertz CT molecular complexity index is 1060. The zero-order valence-electron chi connectivity index (χ0n) is 15.7. The first kappa shape index (κ1) is 21.7. The van der Waals surface area contributed by atoms with Crippen molar-refractivity contribution in [1.82, 2.24) is 4.37 Å². The van der Waals surface area contributed by atoms with E-state index in [2.05, 4.69) is 4.37 Å². The summed E-state index contributed by atoms with van der Waals surface area (Å²) in [7, 11) is 0. The van der Waals surface area contributed by atoms with Gasteiger partial charge in [-0.05, 0) is 47.8 Å². The molecule has 0 amide bonds. The largest absolute Gasteiger partial charge is 0.483 e. The van der Waals surface area contributed by atoms with E-state index in [4.69, 9.17) is 10.00 Å². The Labute approximate surface area is 173 Å². The van der Waals surface area contributed by atoms with Gasteiger partial charge in [0.05, 0.1) is 17.3 Å². The molecule has 0 unspecified atom stereocenters. The van der Waals surface area contributed by atoms with Crippen LogP contribution in [0, 0.1) is 23.0 Å².